The Morgan fingerprint density at radius 3 is 2.91 bits per heavy atom. The van der Waals surface area contributed by atoms with Crippen LogP contribution in [0.2, 0.25) is 0 Å². The highest BCUT2D eigenvalue weighted by Gasteiger charge is 2.06. The molecule has 3 nitrogen and oxygen atoms in total. The van der Waals surface area contributed by atoms with Gasteiger partial charge in [0.2, 0.25) is 0 Å². The fourth-order valence-corrected chi connectivity index (χ4v) is 1.15. The third-order valence-corrected chi connectivity index (χ3v) is 1.78. The van der Waals surface area contributed by atoms with Crippen molar-refractivity contribution in [3.63, 3.8) is 0 Å². The summed E-state index contributed by atoms with van der Waals surface area (Å²) >= 11 is 0. The first-order valence-electron chi connectivity index (χ1n) is 3.88. The lowest BCUT2D eigenvalue weighted by atomic mass is 10.2. The summed E-state index contributed by atoms with van der Waals surface area (Å²) in [6.45, 7) is 2.59. The molecule has 0 spiro atoms. The van der Waals surface area contributed by atoms with E-state index in [-0.39, 0.29) is 6.42 Å². The summed E-state index contributed by atoms with van der Waals surface area (Å²) < 4.78 is 0. The molecular weight excluding hydrogens is 142 g/mol. The summed E-state index contributed by atoms with van der Waals surface area (Å²) in [4.78, 5) is 12.3. The quantitative estimate of drug-likeness (QED) is 0.610. The zero-order valence-electron chi connectivity index (χ0n) is 6.49. The smallest absolute Gasteiger partial charge is 0.304 e. The van der Waals surface area contributed by atoms with Crippen LogP contribution >= 0.6 is 0 Å². The van der Waals surface area contributed by atoms with Gasteiger partial charge in [0, 0.05) is 19.6 Å². The van der Waals surface area contributed by atoms with Crippen molar-refractivity contribution in [1.82, 2.24) is 4.90 Å². The van der Waals surface area contributed by atoms with Crippen LogP contribution in [0.5, 0.6) is 0 Å². The Hall–Kier alpha value is -0.830. The molecule has 0 radical (unpaired) electrons. The lowest BCUT2D eigenvalue weighted by Crippen LogP contribution is -2.29. The highest BCUT2D eigenvalue weighted by molar-refractivity contribution is 5.66. The molecule has 1 rings (SSSR count). The maximum absolute atomic E-state index is 10.2. The summed E-state index contributed by atoms with van der Waals surface area (Å²) in [5.74, 6) is -0.709. The monoisotopic (exact) mass is 155 g/mol. The number of carbonyl (C=O) groups is 1. The molecule has 0 bridgehead atoms. The van der Waals surface area contributed by atoms with Gasteiger partial charge in [-0.3, -0.25) is 9.69 Å². The average molecular weight is 155 g/mol. The molecule has 0 fully saturated rings. The van der Waals surface area contributed by atoms with E-state index in [1.807, 2.05) is 0 Å². The number of carboxylic acids is 1. The van der Waals surface area contributed by atoms with Crippen molar-refractivity contribution >= 4 is 5.97 Å². The van der Waals surface area contributed by atoms with E-state index in [9.17, 15) is 4.79 Å². The van der Waals surface area contributed by atoms with Crippen molar-refractivity contribution in [3.05, 3.63) is 12.2 Å². The molecule has 0 aromatic carbocycles. The normalized spacial score (nSPS) is 18.5. The second-order valence-corrected chi connectivity index (χ2v) is 2.70. The van der Waals surface area contributed by atoms with Crippen LogP contribution in [-0.4, -0.2) is 35.6 Å². The van der Waals surface area contributed by atoms with E-state index in [1.54, 1.807) is 0 Å². The molecular formula is C8H13NO2. The van der Waals surface area contributed by atoms with Gasteiger partial charge in [-0.25, -0.2) is 0 Å². The van der Waals surface area contributed by atoms with Crippen LogP contribution in [0.15, 0.2) is 12.2 Å². The first-order chi connectivity index (χ1) is 5.29. The van der Waals surface area contributed by atoms with Gasteiger partial charge in [0.15, 0.2) is 0 Å². The minimum Gasteiger partial charge on any atom is -0.481 e. The number of aliphatic carboxylic acids is 1. The fraction of sp³-hybridized carbons (Fsp3) is 0.625. The Kier molecular flexibility index (Phi) is 3.11. The van der Waals surface area contributed by atoms with E-state index < -0.39 is 5.97 Å². The third-order valence-electron chi connectivity index (χ3n) is 1.78. The Bertz CT molecular complexity index is 165. The van der Waals surface area contributed by atoms with Gasteiger partial charge >= 0.3 is 5.97 Å². The lowest BCUT2D eigenvalue weighted by molar-refractivity contribution is -0.137. The predicted molar refractivity (Wildman–Crippen MR) is 42.4 cm³/mol. The van der Waals surface area contributed by atoms with Gasteiger partial charge in [-0.2, -0.15) is 0 Å². The molecule has 3 heteroatoms. The number of nitrogens with zero attached hydrogens (tertiary/aromatic N) is 1. The van der Waals surface area contributed by atoms with Gasteiger partial charge < -0.3 is 5.11 Å². The molecule has 0 unspecified atom stereocenters. The second-order valence-electron chi connectivity index (χ2n) is 2.70. The van der Waals surface area contributed by atoms with Crippen molar-refractivity contribution in [2.75, 3.05) is 19.6 Å². The lowest BCUT2D eigenvalue weighted by Gasteiger charge is -2.21. The van der Waals surface area contributed by atoms with Crippen LogP contribution in [0.25, 0.3) is 0 Å². The average Bonchev–Trinajstić information content (AvgIpc) is 2.03. The molecule has 62 valence electrons. The minimum absolute atomic E-state index is 0.258. The molecule has 1 aliphatic rings. The van der Waals surface area contributed by atoms with Crippen LogP contribution in [0.4, 0.5) is 0 Å². The topological polar surface area (TPSA) is 40.5 Å². The van der Waals surface area contributed by atoms with E-state index in [0.717, 1.165) is 19.5 Å². The van der Waals surface area contributed by atoms with E-state index in [1.165, 1.54) is 0 Å². The van der Waals surface area contributed by atoms with E-state index in [2.05, 4.69) is 17.1 Å². The van der Waals surface area contributed by atoms with Crippen molar-refractivity contribution in [1.29, 1.82) is 0 Å². The Morgan fingerprint density at radius 1 is 1.55 bits per heavy atom. The predicted octanol–water partition coefficient (Wildman–Crippen LogP) is 0.723. The summed E-state index contributed by atoms with van der Waals surface area (Å²) in [6, 6.07) is 0. The van der Waals surface area contributed by atoms with Crippen molar-refractivity contribution in [3.8, 4) is 0 Å². The van der Waals surface area contributed by atoms with Crippen LogP contribution in [0, 0.1) is 0 Å². The SMILES string of the molecule is O=C(O)CCN1CC=CCC1. The van der Waals surface area contributed by atoms with E-state index >= 15 is 0 Å². The Morgan fingerprint density at radius 2 is 2.36 bits per heavy atom. The minimum atomic E-state index is -0.709. The molecule has 0 amide bonds. The number of carboxylic acid groups (broad SMARTS) is 1. The molecule has 0 aliphatic carbocycles. The molecule has 1 heterocycles. The first kappa shape index (κ1) is 8.27. The second kappa shape index (κ2) is 4.13. The molecule has 0 saturated carbocycles. The third kappa shape index (κ3) is 3.18. The number of hydrogen-bond acceptors (Lipinski definition) is 2. The molecule has 1 aliphatic heterocycles. The largest absolute Gasteiger partial charge is 0.481 e. The molecule has 11 heavy (non-hydrogen) atoms. The molecule has 0 aromatic heterocycles. The zero-order valence-corrected chi connectivity index (χ0v) is 6.49. The highest BCUT2D eigenvalue weighted by Crippen LogP contribution is 2.01. The Labute approximate surface area is 66.3 Å². The van der Waals surface area contributed by atoms with Gasteiger partial charge in [-0.05, 0) is 6.42 Å². The molecule has 0 aromatic rings. The highest BCUT2D eigenvalue weighted by atomic mass is 16.4. The van der Waals surface area contributed by atoms with Gasteiger partial charge in [-0.15, -0.1) is 0 Å². The molecule has 1 N–H and O–H groups in total. The first-order valence-corrected chi connectivity index (χ1v) is 3.88. The van der Waals surface area contributed by atoms with Crippen LogP contribution in [0.1, 0.15) is 12.8 Å². The van der Waals surface area contributed by atoms with Gasteiger partial charge in [0.25, 0.3) is 0 Å². The van der Waals surface area contributed by atoms with Crippen molar-refractivity contribution < 1.29 is 9.90 Å². The van der Waals surface area contributed by atoms with Crippen LogP contribution in [-0.2, 0) is 4.79 Å². The fourth-order valence-electron chi connectivity index (χ4n) is 1.15. The molecule has 0 atom stereocenters. The summed E-state index contributed by atoms with van der Waals surface area (Å²) in [5, 5.41) is 8.40. The maximum atomic E-state index is 10.2. The zero-order chi connectivity index (χ0) is 8.10. The van der Waals surface area contributed by atoms with Gasteiger partial charge in [-0.1, -0.05) is 12.2 Å². The molecule has 0 saturated heterocycles. The maximum Gasteiger partial charge on any atom is 0.304 e. The van der Waals surface area contributed by atoms with Crippen molar-refractivity contribution in [2.45, 2.75) is 12.8 Å². The Balaban J connectivity index is 2.16. The van der Waals surface area contributed by atoms with Gasteiger partial charge in [0.1, 0.15) is 0 Å². The van der Waals surface area contributed by atoms with Gasteiger partial charge in [0.05, 0.1) is 6.42 Å². The van der Waals surface area contributed by atoms with Crippen LogP contribution in [0.3, 0.4) is 0 Å². The van der Waals surface area contributed by atoms with E-state index in [4.69, 9.17) is 5.11 Å². The van der Waals surface area contributed by atoms with Crippen molar-refractivity contribution in [2.24, 2.45) is 0 Å². The summed E-state index contributed by atoms with van der Waals surface area (Å²) in [5.41, 5.74) is 0. The number of hydrogen-bond donors (Lipinski definition) is 1. The standard InChI is InChI=1S/C8H13NO2/c10-8(11)4-7-9-5-2-1-3-6-9/h1-2H,3-7H2,(H,10,11). The van der Waals surface area contributed by atoms with E-state index in [0.29, 0.717) is 6.54 Å². The summed E-state index contributed by atoms with van der Waals surface area (Å²) in [7, 11) is 0. The number of rotatable bonds is 3. The van der Waals surface area contributed by atoms with Crippen LogP contribution < -0.4 is 0 Å². The summed E-state index contributed by atoms with van der Waals surface area (Å²) in [6.07, 6.45) is 5.54.